The van der Waals surface area contributed by atoms with E-state index in [1.807, 2.05) is 0 Å². The van der Waals surface area contributed by atoms with Crippen molar-refractivity contribution >= 4 is 102 Å². The molecule has 0 atom stereocenters. The Bertz CT molecular complexity index is 5670. The molecule has 4 aliphatic carbocycles. The van der Waals surface area contributed by atoms with Gasteiger partial charge in [0.05, 0.1) is 11.4 Å². The standard InChI is InChI=1S/C98H76N2/c1-95(2)85-31-19-17-27-75(85)79-49-43-67(57-89(79)95)99(93-55-65-21-9-11-23-71(65)73-25-13-15-29-83(73)93)69-45-51-81-77-47-41-63(53-87(77)97(5,6)91(81)59-69)39-37-61-33-35-62(36-34-61)38-40-64-42-48-78-82-52-46-70(60-92(82)98(7,8)88(78)54-64)100(94-56-66-22-10-12-24-72(66)74-26-14-16-30-84(74)94)68-44-50-80-76-28-18-20-32-86(76)96(3,4)90(80)58-68/h9-60H,1-8H3/b39-37+,40-38+. The van der Waals surface area contributed by atoms with E-state index in [0.29, 0.717) is 0 Å². The minimum atomic E-state index is -0.244. The minimum Gasteiger partial charge on any atom is -0.310 e. The van der Waals surface area contributed by atoms with Gasteiger partial charge in [0.2, 0.25) is 0 Å². The lowest BCUT2D eigenvalue weighted by molar-refractivity contribution is 0.659. The van der Waals surface area contributed by atoms with E-state index < -0.39 is 0 Å². The molecule has 15 aromatic carbocycles. The first kappa shape index (κ1) is 59.7. The van der Waals surface area contributed by atoms with Crippen LogP contribution in [0.4, 0.5) is 34.1 Å². The number of hydrogen-bond acceptors (Lipinski definition) is 2. The van der Waals surface area contributed by atoms with Gasteiger partial charge in [0, 0.05) is 55.2 Å². The molecule has 2 nitrogen and oxygen atoms in total. The van der Waals surface area contributed by atoms with Gasteiger partial charge in [-0.2, -0.15) is 0 Å². The molecule has 4 aliphatic rings. The molecule has 0 amide bonds. The summed E-state index contributed by atoms with van der Waals surface area (Å²) in [6.45, 7) is 19.1. The Balaban J connectivity index is 0.596. The lowest BCUT2D eigenvalue weighted by atomic mass is 9.81. The Morgan fingerprint density at radius 2 is 0.450 bits per heavy atom. The van der Waals surface area contributed by atoms with Gasteiger partial charge in [-0.05, 0) is 204 Å². The lowest BCUT2D eigenvalue weighted by Gasteiger charge is -2.31. The third kappa shape index (κ3) is 9.02. The predicted octanol–water partition coefficient (Wildman–Crippen LogP) is 26.8. The average Bonchev–Trinajstić information content (AvgIpc) is 1.52. The summed E-state index contributed by atoms with van der Waals surface area (Å²) in [4.78, 5) is 5.06. The normalized spacial score (nSPS) is 15.0. The SMILES string of the molecule is CC1(C)c2ccccc2-c2ccc(N(c3ccc4c(c3)C(C)(C)c3cc(/C=C/c5ccc(/C=C/c6ccc7c(c6)C(C)(C)c6cc(N(c8ccc9c(c8)C(C)(C)c8ccccc8-9)c8cc9ccccc9c9ccccc89)ccc6-7)cc5)ccc3-4)c3cc4ccccc4c4ccccc34)cc21. The highest BCUT2D eigenvalue weighted by Gasteiger charge is 2.41. The minimum absolute atomic E-state index is 0.139. The van der Waals surface area contributed by atoms with Gasteiger partial charge in [0.1, 0.15) is 0 Å². The molecule has 0 aromatic heterocycles. The van der Waals surface area contributed by atoms with Crippen LogP contribution in [0.2, 0.25) is 0 Å². The molecular weight excluding hydrogens is 1210 g/mol. The van der Waals surface area contributed by atoms with Gasteiger partial charge in [-0.1, -0.05) is 310 Å². The van der Waals surface area contributed by atoms with E-state index in [1.54, 1.807) is 0 Å². The number of anilines is 6. The molecule has 2 heteroatoms. The second-order valence-corrected chi connectivity index (χ2v) is 30.4. The Kier molecular flexibility index (Phi) is 13.1. The summed E-state index contributed by atoms with van der Waals surface area (Å²) in [5, 5.41) is 9.97. The lowest BCUT2D eigenvalue weighted by Crippen LogP contribution is -2.18. The molecule has 0 spiro atoms. The maximum Gasteiger partial charge on any atom is 0.0546 e. The summed E-state index contributed by atoms with van der Waals surface area (Å²) in [6, 6.07) is 110. The van der Waals surface area contributed by atoms with Crippen LogP contribution in [0.25, 0.3) is 112 Å². The molecule has 15 aromatic rings. The Hall–Kier alpha value is -11.6. The molecule has 478 valence electrons. The summed E-state index contributed by atoms with van der Waals surface area (Å²) in [7, 11) is 0. The molecule has 0 fully saturated rings. The van der Waals surface area contributed by atoms with E-state index in [1.165, 1.54) is 166 Å². The van der Waals surface area contributed by atoms with Crippen LogP contribution in [0.1, 0.15) is 122 Å². The molecule has 0 saturated carbocycles. The van der Waals surface area contributed by atoms with Crippen LogP contribution in [0.15, 0.2) is 291 Å². The van der Waals surface area contributed by atoms with Crippen LogP contribution in [0, 0.1) is 0 Å². The Morgan fingerprint density at radius 1 is 0.200 bits per heavy atom. The third-order valence-electron chi connectivity index (χ3n) is 23.4. The average molecular weight is 1280 g/mol. The van der Waals surface area contributed by atoms with Gasteiger partial charge in [-0.15, -0.1) is 0 Å². The van der Waals surface area contributed by atoms with Crippen molar-refractivity contribution in [3.05, 3.63) is 358 Å². The highest BCUT2D eigenvalue weighted by atomic mass is 15.2. The number of benzene rings is 15. The fraction of sp³-hybridized carbons (Fsp3) is 0.122. The first-order chi connectivity index (χ1) is 48.6. The quantitative estimate of drug-likeness (QED) is 0.0995. The van der Waals surface area contributed by atoms with Crippen LogP contribution in [-0.2, 0) is 21.7 Å². The van der Waals surface area contributed by atoms with Crippen molar-refractivity contribution in [2.24, 2.45) is 0 Å². The van der Waals surface area contributed by atoms with Gasteiger partial charge >= 0.3 is 0 Å². The van der Waals surface area contributed by atoms with Crippen molar-refractivity contribution in [3.8, 4) is 44.5 Å². The Morgan fingerprint density at radius 3 is 0.810 bits per heavy atom. The van der Waals surface area contributed by atoms with E-state index in [-0.39, 0.29) is 21.7 Å². The number of hydrogen-bond donors (Lipinski definition) is 0. The summed E-state index contributed by atoms with van der Waals surface area (Å²) < 4.78 is 0. The fourth-order valence-corrected chi connectivity index (χ4v) is 18.0. The summed E-state index contributed by atoms with van der Waals surface area (Å²) in [6.07, 6.45) is 9.06. The molecule has 0 unspecified atom stereocenters. The van der Waals surface area contributed by atoms with Crippen molar-refractivity contribution < 1.29 is 0 Å². The highest BCUT2D eigenvalue weighted by molar-refractivity contribution is 6.16. The third-order valence-corrected chi connectivity index (χ3v) is 23.4. The van der Waals surface area contributed by atoms with Crippen molar-refractivity contribution in [1.82, 2.24) is 0 Å². The van der Waals surface area contributed by atoms with Gasteiger partial charge < -0.3 is 9.80 Å². The molecule has 0 saturated heterocycles. The zero-order valence-electron chi connectivity index (χ0n) is 57.9. The van der Waals surface area contributed by atoms with E-state index >= 15 is 0 Å². The molecule has 0 bridgehead atoms. The first-order valence-electron chi connectivity index (χ1n) is 35.5. The van der Waals surface area contributed by atoms with Crippen LogP contribution in [0.3, 0.4) is 0 Å². The van der Waals surface area contributed by atoms with Crippen LogP contribution in [0.5, 0.6) is 0 Å². The van der Waals surface area contributed by atoms with E-state index in [9.17, 15) is 0 Å². The van der Waals surface area contributed by atoms with E-state index in [2.05, 4.69) is 381 Å². The van der Waals surface area contributed by atoms with Crippen LogP contribution < -0.4 is 9.80 Å². The molecular formula is C98H76N2. The predicted molar refractivity (Wildman–Crippen MR) is 427 cm³/mol. The molecule has 19 rings (SSSR count). The Labute approximate surface area is 587 Å². The second kappa shape index (κ2) is 22.0. The zero-order chi connectivity index (χ0) is 67.6. The monoisotopic (exact) mass is 1280 g/mol. The maximum atomic E-state index is 2.53. The molecule has 0 radical (unpaired) electrons. The number of rotatable bonds is 10. The smallest absolute Gasteiger partial charge is 0.0546 e. The maximum absolute atomic E-state index is 2.53. The van der Waals surface area contributed by atoms with Crippen molar-refractivity contribution in [2.45, 2.75) is 77.0 Å². The van der Waals surface area contributed by atoms with E-state index in [4.69, 9.17) is 0 Å². The fourth-order valence-electron chi connectivity index (χ4n) is 18.0. The van der Waals surface area contributed by atoms with Gasteiger partial charge in [0.25, 0.3) is 0 Å². The molecule has 100 heavy (non-hydrogen) atoms. The van der Waals surface area contributed by atoms with Crippen molar-refractivity contribution in [1.29, 1.82) is 0 Å². The molecule has 0 heterocycles. The van der Waals surface area contributed by atoms with Crippen LogP contribution in [-0.4, -0.2) is 0 Å². The van der Waals surface area contributed by atoms with E-state index in [0.717, 1.165) is 22.7 Å². The van der Waals surface area contributed by atoms with Crippen molar-refractivity contribution in [3.63, 3.8) is 0 Å². The van der Waals surface area contributed by atoms with Gasteiger partial charge in [0.15, 0.2) is 0 Å². The summed E-state index contributed by atoms with van der Waals surface area (Å²) >= 11 is 0. The molecule has 0 aliphatic heterocycles. The van der Waals surface area contributed by atoms with Gasteiger partial charge in [-0.25, -0.2) is 0 Å². The number of fused-ring (bicyclic) bond motifs is 18. The zero-order valence-corrected chi connectivity index (χ0v) is 57.9. The largest absolute Gasteiger partial charge is 0.310 e. The summed E-state index contributed by atoms with van der Waals surface area (Å²) in [5.74, 6) is 0. The summed E-state index contributed by atoms with van der Waals surface area (Å²) in [5.41, 5.74) is 32.3. The number of nitrogens with zero attached hydrogens (tertiary/aromatic N) is 2. The second-order valence-electron chi connectivity index (χ2n) is 30.4. The van der Waals surface area contributed by atoms with Crippen molar-refractivity contribution in [2.75, 3.05) is 9.80 Å². The van der Waals surface area contributed by atoms with Gasteiger partial charge in [-0.3, -0.25) is 0 Å². The molecule has 0 N–H and O–H groups in total. The highest BCUT2D eigenvalue weighted by Crippen LogP contribution is 2.57. The van der Waals surface area contributed by atoms with Crippen LogP contribution >= 0.6 is 0 Å². The topological polar surface area (TPSA) is 6.48 Å². The first-order valence-corrected chi connectivity index (χ1v) is 35.5.